The van der Waals surface area contributed by atoms with Crippen molar-refractivity contribution in [2.24, 2.45) is 5.92 Å². The molecule has 9 heteroatoms. The number of nitrogens with zero attached hydrogens (tertiary/aromatic N) is 1. The lowest BCUT2D eigenvalue weighted by atomic mass is 9.97. The van der Waals surface area contributed by atoms with Crippen LogP contribution in [-0.4, -0.2) is 49.8 Å². The van der Waals surface area contributed by atoms with Gasteiger partial charge in [-0.3, -0.25) is 9.69 Å². The first-order chi connectivity index (χ1) is 11.7. The molecule has 0 saturated carbocycles. The molecule has 0 bridgehead atoms. The molecule has 1 amide bonds. The summed E-state index contributed by atoms with van der Waals surface area (Å²) in [4.78, 5) is 13.2. The van der Waals surface area contributed by atoms with Crippen molar-refractivity contribution in [2.45, 2.75) is 19.0 Å². The Bertz CT molecular complexity index is 591. The lowest BCUT2D eigenvalue weighted by Gasteiger charge is -2.32. The number of hydrogen-bond acceptors (Lipinski definition) is 3. The summed E-state index contributed by atoms with van der Waals surface area (Å²) in [6.45, 7) is 0.139. The highest BCUT2D eigenvalue weighted by Crippen LogP contribution is 2.27. The van der Waals surface area contributed by atoms with Crippen molar-refractivity contribution in [3.63, 3.8) is 0 Å². The molecule has 1 fully saturated rings. The smallest absolute Gasteiger partial charge is 0.401 e. The molecule has 0 aliphatic carbocycles. The standard InChI is InChI=1S/C16H19Cl2F3N2O2/c17-12-1-2-14(13(18)7-12)25-9-15(24)22-8-11-3-5-23(6-4-11)10-16(19,20)21/h1-2,7,11H,3-6,8-10H2,(H,22,24). The predicted molar refractivity (Wildman–Crippen MR) is 90.2 cm³/mol. The van der Waals surface area contributed by atoms with Gasteiger partial charge in [0, 0.05) is 11.6 Å². The van der Waals surface area contributed by atoms with Crippen LogP contribution >= 0.6 is 23.2 Å². The molecule has 0 unspecified atom stereocenters. The topological polar surface area (TPSA) is 41.6 Å². The number of hydrogen-bond donors (Lipinski definition) is 1. The van der Waals surface area contributed by atoms with Gasteiger partial charge in [0.2, 0.25) is 0 Å². The van der Waals surface area contributed by atoms with E-state index in [-0.39, 0.29) is 18.4 Å². The van der Waals surface area contributed by atoms with Gasteiger partial charge in [0.15, 0.2) is 6.61 Å². The van der Waals surface area contributed by atoms with Crippen molar-refractivity contribution in [1.82, 2.24) is 10.2 Å². The summed E-state index contributed by atoms with van der Waals surface area (Å²) < 4.78 is 42.3. The average Bonchev–Trinajstić information content (AvgIpc) is 2.52. The van der Waals surface area contributed by atoms with Gasteiger partial charge in [-0.05, 0) is 50.0 Å². The van der Waals surface area contributed by atoms with E-state index in [0.717, 1.165) is 0 Å². The first-order valence-electron chi connectivity index (χ1n) is 7.86. The van der Waals surface area contributed by atoms with E-state index in [1.807, 2.05) is 0 Å². The molecule has 1 aliphatic heterocycles. The number of piperidine rings is 1. The first-order valence-corrected chi connectivity index (χ1v) is 8.62. The number of benzene rings is 1. The lowest BCUT2D eigenvalue weighted by Crippen LogP contribution is -2.43. The Balaban J connectivity index is 1.66. The van der Waals surface area contributed by atoms with Crippen molar-refractivity contribution in [1.29, 1.82) is 0 Å². The van der Waals surface area contributed by atoms with E-state index in [2.05, 4.69) is 5.32 Å². The average molecular weight is 399 g/mol. The maximum Gasteiger partial charge on any atom is 0.401 e. The fourth-order valence-corrected chi connectivity index (χ4v) is 3.11. The van der Waals surface area contributed by atoms with Crippen molar-refractivity contribution in [3.05, 3.63) is 28.2 Å². The van der Waals surface area contributed by atoms with Crippen LogP contribution in [0.5, 0.6) is 5.75 Å². The minimum Gasteiger partial charge on any atom is -0.482 e. The van der Waals surface area contributed by atoms with Crippen LogP contribution in [0.4, 0.5) is 13.2 Å². The van der Waals surface area contributed by atoms with E-state index < -0.39 is 12.7 Å². The van der Waals surface area contributed by atoms with Gasteiger partial charge in [0.25, 0.3) is 5.91 Å². The SMILES string of the molecule is O=C(COc1ccc(Cl)cc1Cl)NCC1CCN(CC(F)(F)F)CC1. The van der Waals surface area contributed by atoms with Crippen LogP contribution in [0.3, 0.4) is 0 Å². The van der Waals surface area contributed by atoms with E-state index in [0.29, 0.717) is 48.3 Å². The van der Waals surface area contributed by atoms with E-state index in [9.17, 15) is 18.0 Å². The molecule has 4 nitrogen and oxygen atoms in total. The summed E-state index contributed by atoms with van der Waals surface area (Å²) >= 11 is 11.7. The van der Waals surface area contributed by atoms with Gasteiger partial charge >= 0.3 is 6.18 Å². The second-order valence-electron chi connectivity index (χ2n) is 6.00. The fourth-order valence-electron chi connectivity index (χ4n) is 2.65. The second-order valence-corrected chi connectivity index (χ2v) is 6.85. The molecule has 2 rings (SSSR count). The number of ether oxygens (including phenoxy) is 1. The van der Waals surface area contributed by atoms with Gasteiger partial charge in [0.05, 0.1) is 11.6 Å². The van der Waals surface area contributed by atoms with Crippen LogP contribution in [0.2, 0.25) is 10.0 Å². The molecule has 0 atom stereocenters. The number of likely N-dealkylation sites (tertiary alicyclic amines) is 1. The summed E-state index contributed by atoms with van der Waals surface area (Å²) in [7, 11) is 0. The van der Waals surface area contributed by atoms with E-state index in [1.165, 1.54) is 11.0 Å². The number of carbonyl (C=O) groups excluding carboxylic acids is 1. The summed E-state index contributed by atoms with van der Waals surface area (Å²) in [5.41, 5.74) is 0. The quantitative estimate of drug-likeness (QED) is 0.792. The first kappa shape index (κ1) is 20.1. The van der Waals surface area contributed by atoms with Gasteiger partial charge in [-0.25, -0.2) is 0 Å². The largest absolute Gasteiger partial charge is 0.482 e. The molecular formula is C16H19Cl2F3N2O2. The molecule has 1 saturated heterocycles. The maximum atomic E-state index is 12.3. The maximum absolute atomic E-state index is 12.3. The van der Waals surface area contributed by atoms with Gasteiger partial charge in [-0.2, -0.15) is 13.2 Å². The predicted octanol–water partition coefficient (Wildman–Crippen LogP) is 3.76. The highest BCUT2D eigenvalue weighted by atomic mass is 35.5. The molecule has 25 heavy (non-hydrogen) atoms. The zero-order valence-electron chi connectivity index (χ0n) is 13.4. The number of alkyl halides is 3. The van der Waals surface area contributed by atoms with Gasteiger partial charge in [-0.1, -0.05) is 23.2 Å². The van der Waals surface area contributed by atoms with Crippen LogP contribution in [0, 0.1) is 5.92 Å². The number of halogens is 5. The zero-order chi connectivity index (χ0) is 18.4. The summed E-state index contributed by atoms with van der Waals surface area (Å²) in [6.07, 6.45) is -2.91. The molecular weight excluding hydrogens is 380 g/mol. The number of rotatable bonds is 6. The highest BCUT2D eigenvalue weighted by Gasteiger charge is 2.32. The molecule has 1 aliphatic rings. The Hall–Kier alpha value is -1.18. The summed E-state index contributed by atoms with van der Waals surface area (Å²) in [5, 5.41) is 3.53. The van der Waals surface area contributed by atoms with Gasteiger partial charge < -0.3 is 10.1 Å². The normalized spacial score (nSPS) is 16.7. The van der Waals surface area contributed by atoms with Crippen molar-refractivity contribution in [3.8, 4) is 5.75 Å². The van der Waals surface area contributed by atoms with Crippen LogP contribution in [-0.2, 0) is 4.79 Å². The van der Waals surface area contributed by atoms with Crippen molar-refractivity contribution in [2.75, 3.05) is 32.8 Å². The van der Waals surface area contributed by atoms with Crippen molar-refractivity contribution >= 4 is 29.1 Å². The van der Waals surface area contributed by atoms with Crippen LogP contribution in [0.1, 0.15) is 12.8 Å². The zero-order valence-corrected chi connectivity index (χ0v) is 14.9. The summed E-state index contributed by atoms with van der Waals surface area (Å²) in [6, 6.07) is 4.70. The monoisotopic (exact) mass is 398 g/mol. The third kappa shape index (κ3) is 7.30. The minimum absolute atomic E-state index is 0.174. The second kappa shape index (κ2) is 8.96. The Morgan fingerprint density at radius 1 is 1.28 bits per heavy atom. The van der Waals surface area contributed by atoms with Crippen LogP contribution < -0.4 is 10.1 Å². The van der Waals surface area contributed by atoms with Gasteiger partial charge in [0.1, 0.15) is 5.75 Å². The summed E-state index contributed by atoms with van der Waals surface area (Å²) in [5.74, 6) is 0.234. The minimum atomic E-state index is -4.17. The number of amides is 1. The molecule has 0 radical (unpaired) electrons. The number of carbonyl (C=O) groups is 1. The van der Waals surface area contributed by atoms with E-state index in [4.69, 9.17) is 27.9 Å². The number of nitrogens with one attached hydrogen (secondary N) is 1. The molecule has 0 aromatic heterocycles. The van der Waals surface area contributed by atoms with Crippen molar-refractivity contribution < 1.29 is 22.7 Å². The Morgan fingerprint density at radius 2 is 1.96 bits per heavy atom. The Labute approximate surface area is 154 Å². The van der Waals surface area contributed by atoms with E-state index >= 15 is 0 Å². The third-order valence-electron chi connectivity index (χ3n) is 3.95. The molecule has 1 aromatic rings. The molecule has 0 spiro atoms. The molecule has 1 N–H and O–H groups in total. The Morgan fingerprint density at radius 3 is 2.56 bits per heavy atom. The highest BCUT2D eigenvalue weighted by molar-refractivity contribution is 6.35. The molecule has 1 heterocycles. The molecule has 1 aromatic carbocycles. The van der Waals surface area contributed by atoms with Crippen LogP contribution in [0.25, 0.3) is 0 Å². The lowest BCUT2D eigenvalue weighted by molar-refractivity contribution is -0.148. The fraction of sp³-hybridized carbons (Fsp3) is 0.562. The van der Waals surface area contributed by atoms with Gasteiger partial charge in [-0.15, -0.1) is 0 Å². The molecule has 140 valence electrons. The van der Waals surface area contributed by atoms with E-state index in [1.54, 1.807) is 12.1 Å². The third-order valence-corrected chi connectivity index (χ3v) is 4.48. The van der Waals surface area contributed by atoms with Crippen LogP contribution in [0.15, 0.2) is 18.2 Å². The Kier molecular flexibility index (Phi) is 7.22.